The van der Waals surface area contributed by atoms with Gasteiger partial charge in [-0.3, -0.25) is 14.4 Å². The maximum Gasteiger partial charge on any atom is 0.286 e. The molecule has 1 aromatic heterocycles. The highest BCUT2D eigenvalue weighted by atomic mass is 16.5. The Bertz CT molecular complexity index is 813. The van der Waals surface area contributed by atoms with Gasteiger partial charge in [0.1, 0.15) is 0 Å². The molecule has 148 valence electrons. The van der Waals surface area contributed by atoms with E-state index in [9.17, 15) is 14.4 Å². The number of benzene rings is 1. The molecule has 28 heavy (non-hydrogen) atoms. The SMILES string of the molecule is O=C(CCNC(=O)c1ccco1)Nc1ccccc1C(=O)NCC1CCCO1. The van der Waals surface area contributed by atoms with Crippen molar-refractivity contribution in [3.63, 3.8) is 0 Å². The van der Waals surface area contributed by atoms with Crippen molar-refractivity contribution in [3.8, 4) is 0 Å². The molecule has 1 saturated heterocycles. The van der Waals surface area contributed by atoms with Gasteiger partial charge in [0, 0.05) is 26.1 Å². The second kappa shape index (κ2) is 9.70. The number of hydrogen-bond acceptors (Lipinski definition) is 5. The summed E-state index contributed by atoms with van der Waals surface area (Å²) in [5.74, 6) is -0.767. The van der Waals surface area contributed by atoms with Crippen LogP contribution in [0.1, 0.15) is 40.2 Å². The standard InChI is InChI=1S/C20H23N3O5/c24-18(9-10-21-20(26)17-8-4-12-28-17)23-16-7-2-1-6-15(16)19(25)22-13-14-5-3-11-27-14/h1-2,4,6-8,12,14H,3,5,9-11,13H2,(H,21,26)(H,22,25)(H,23,24). The van der Waals surface area contributed by atoms with E-state index in [-0.39, 0.29) is 42.6 Å². The minimum absolute atomic E-state index is 0.0449. The molecule has 0 saturated carbocycles. The zero-order valence-electron chi connectivity index (χ0n) is 15.4. The Labute approximate surface area is 162 Å². The summed E-state index contributed by atoms with van der Waals surface area (Å²) in [6.07, 6.45) is 3.45. The number of amides is 3. The lowest BCUT2D eigenvalue weighted by molar-refractivity contribution is -0.116. The first-order valence-corrected chi connectivity index (χ1v) is 9.24. The Hall–Kier alpha value is -3.13. The Kier molecular flexibility index (Phi) is 6.80. The van der Waals surface area contributed by atoms with Crippen LogP contribution in [0, 0.1) is 0 Å². The molecule has 2 heterocycles. The zero-order valence-corrected chi connectivity index (χ0v) is 15.4. The van der Waals surface area contributed by atoms with Gasteiger partial charge < -0.3 is 25.1 Å². The summed E-state index contributed by atoms with van der Waals surface area (Å²) in [6.45, 7) is 1.32. The number of furan rings is 1. The predicted molar refractivity (Wildman–Crippen MR) is 102 cm³/mol. The van der Waals surface area contributed by atoms with E-state index in [1.807, 2.05) is 0 Å². The number of carbonyl (C=O) groups is 3. The van der Waals surface area contributed by atoms with E-state index >= 15 is 0 Å². The van der Waals surface area contributed by atoms with Crippen LogP contribution in [0.4, 0.5) is 5.69 Å². The smallest absolute Gasteiger partial charge is 0.286 e. The lowest BCUT2D eigenvalue weighted by atomic mass is 10.1. The molecular formula is C20H23N3O5. The van der Waals surface area contributed by atoms with Gasteiger partial charge in [-0.15, -0.1) is 0 Å². The van der Waals surface area contributed by atoms with Crippen LogP contribution in [0.25, 0.3) is 0 Å². The van der Waals surface area contributed by atoms with E-state index in [1.165, 1.54) is 6.26 Å². The maximum atomic E-state index is 12.5. The summed E-state index contributed by atoms with van der Waals surface area (Å²) in [6, 6.07) is 9.95. The van der Waals surface area contributed by atoms with Crippen LogP contribution >= 0.6 is 0 Å². The van der Waals surface area contributed by atoms with Crippen molar-refractivity contribution in [3.05, 3.63) is 54.0 Å². The Balaban J connectivity index is 1.48. The molecule has 1 aromatic carbocycles. The minimum atomic E-state index is -0.383. The van der Waals surface area contributed by atoms with Crippen molar-refractivity contribution in [2.75, 3.05) is 25.0 Å². The zero-order chi connectivity index (χ0) is 19.8. The van der Waals surface area contributed by atoms with Crippen molar-refractivity contribution in [1.29, 1.82) is 0 Å². The summed E-state index contributed by atoms with van der Waals surface area (Å²) in [5, 5.41) is 8.17. The van der Waals surface area contributed by atoms with Crippen molar-refractivity contribution < 1.29 is 23.5 Å². The van der Waals surface area contributed by atoms with Gasteiger partial charge in [-0.1, -0.05) is 12.1 Å². The van der Waals surface area contributed by atoms with E-state index in [2.05, 4.69) is 16.0 Å². The number of ether oxygens (including phenoxy) is 1. The number of hydrogen-bond donors (Lipinski definition) is 3. The summed E-state index contributed by atoms with van der Waals surface area (Å²) in [4.78, 5) is 36.4. The third-order valence-electron chi connectivity index (χ3n) is 4.34. The second-order valence-electron chi connectivity index (χ2n) is 6.42. The lowest BCUT2D eigenvalue weighted by Gasteiger charge is -2.14. The largest absolute Gasteiger partial charge is 0.459 e. The predicted octanol–water partition coefficient (Wildman–Crippen LogP) is 1.95. The molecule has 0 aliphatic carbocycles. The lowest BCUT2D eigenvalue weighted by Crippen LogP contribution is -2.32. The first kappa shape index (κ1) is 19.6. The van der Waals surface area contributed by atoms with Gasteiger partial charge in [-0.25, -0.2) is 0 Å². The highest BCUT2D eigenvalue weighted by Crippen LogP contribution is 2.16. The fraction of sp³-hybridized carbons (Fsp3) is 0.350. The summed E-state index contributed by atoms with van der Waals surface area (Å²) < 4.78 is 10.5. The molecule has 3 N–H and O–H groups in total. The van der Waals surface area contributed by atoms with Gasteiger partial charge in [0.05, 0.1) is 23.6 Å². The Morgan fingerprint density at radius 3 is 2.64 bits per heavy atom. The number of para-hydroxylation sites is 1. The first-order valence-electron chi connectivity index (χ1n) is 9.24. The Morgan fingerprint density at radius 2 is 1.89 bits per heavy atom. The van der Waals surface area contributed by atoms with Crippen molar-refractivity contribution >= 4 is 23.4 Å². The quantitative estimate of drug-likeness (QED) is 0.643. The molecule has 0 spiro atoms. The third kappa shape index (κ3) is 5.43. The van der Waals surface area contributed by atoms with Gasteiger partial charge in [0.25, 0.3) is 11.8 Å². The molecule has 0 bridgehead atoms. The van der Waals surface area contributed by atoms with Crippen LogP contribution in [-0.4, -0.2) is 43.5 Å². The molecule has 8 heteroatoms. The van der Waals surface area contributed by atoms with E-state index in [0.29, 0.717) is 17.8 Å². The van der Waals surface area contributed by atoms with Gasteiger partial charge in [0.15, 0.2) is 5.76 Å². The molecule has 1 atom stereocenters. The van der Waals surface area contributed by atoms with E-state index in [1.54, 1.807) is 36.4 Å². The van der Waals surface area contributed by atoms with Crippen LogP contribution < -0.4 is 16.0 Å². The van der Waals surface area contributed by atoms with Gasteiger partial charge in [-0.2, -0.15) is 0 Å². The van der Waals surface area contributed by atoms with Crippen LogP contribution in [0.2, 0.25) is 0 Å². The van der Waals surface area contributed by atoms with Gasteiger partial charge in [-0.05, 0) is 37.1 Å². The molecule has 8 nitrogen and oxygen atoms in total. The molecule has 0 radical (unpaired) electrons. The van der Waals surface area contributed by atoms with Gasteiger partial charge >= 0.3 is 0 Å². The van der Waals surface area contributed by atoms with Crippen LogP contribution in [-0.2, 0) is 9.53 Å². The molecule has 2 aromatic rings. The average molecular weight is 385 g/mol. The molecular weight excluding hydrogens is 362 g/mol. The summed E-state index contributed by atoms with van der Waals surface area (Å²) in [5.41, 5.74) is 0.808. The highest BCUT2D eigenvalue weighted by Gasteiger charge is 2.18. The van der Waals surface area contributed by atoms with Crippen molar-refractivity contribution in [2.24, 2.45) is 0 Å². The second-order valence-corrected chi connectivity index (χ2v) is 6.42. The van der Waals surface area contributed by atoms with Crippen molar-refractivity contribution in [2.45, 2.75) is 25.4 Å². The van der Waals surface area contributed by atoms with Gasteiger partial charge in [0.2, 0.25) is 5.91 Å². The number of rotatable bonds is 8. The number of anilines is 1. The normalized spacial score (nSPS) is 15.8. The first-order chi connectivity index (χ1) is 13.6. The topological polar surface area (TPSA) is 110 Å². The molecule has 1 aliphatic rings. The monoisotopic (exact) mass is 385 g/mol. The summed E-state index contributed by atoms with van der Waals surface area (Å²) in [7, 11) is 0. The van der Waals surface area contributed by atoms with Crippen LogP contribution in [0.15, 0.2) is 47.1 Å². The van der Waals surface area contributed by atoms with E-state index < -0.39 is 0 Å². The van der Waals surface area contributed by atoms with E-state index in [0.717, 1.165) is 19.4 Å². The number of carbonyl (C=O) groups excluding carboxylic acids is 3. The third-order valence-corrected chi connectivity index (χ3v) is 4.34. The maximum absolute atomic E-state index is 12.5. The molecule has 1 aliphatic heterocycles. The van der Waals surface area contributed by atoms with Crippen LogP contribution in [0.5, 0.6) is 0 Å². The van der Waals surface area contributed by atoms with Crippen LogP contribution in [0.3, 0.4) is 0 Å². The molecule has 1 unspecified atom stereocenters. The molecule has 3 amide bonds. The molecule has 3 rings (SSSR count). The highest BCUT2D eigenvalue weighted by molar-refractivity contribution is 6.03. The van der Waals surface area contributed by atoms with E-state index in [4.69, 9.17) is 9.15 Å². The fourth-order valence-corrected chi connectivity index (χ4v) is 2.89. The minimum Gasteiger partial charge on any atom is -0.459 e. The fourth-order valence-electron chi connectivity index (χ4n) is 2.89. The summed E-state index contributed by atoms with van der Waals surface area (Å²) >= 11 is 0. The molecule has 1 fully saturated rings. The van der Waals surface area contributed by atoms with Crippen molar-refractivity contribution in [1.82, 2.24) is 10.6 Å². The number of nitrogens with one attached hydrogen (secondary N) is 3. The Morgan fingerprint density at radius 1 is 1.04 bits per heavy atom. The average Bonchev–Trinajstić information content (AvgIpc) is 3.40.